The van der Waals surface area contributed by atoms with Crippen molar-refractivity contribution in [3.8, 4) is 0 Å². The topological polar surface area (TPSA) is 23.6 Å². The van der Waals surface area contributed by atoms with E-state index in [0.717, 1.165) is 31.7 Å². The number of hydrogen-bond acceptors (Lipinski definition) is 2. The van der Waals surface area contributed by atoms with Gasteiger partial charge in [0.25, 0.3) is 5.91 Å². The van der Waals surface area contributed by atoms with Crippen LogP contribution in [0.3, 0.4) is 0 Å². The van der Waals surface area contributed by atoms with Crippen molar-refractivity contribution >= 4 is 5.91 Å². The Morgan fingerprint density at radius 3 is 2.21 bits per heavy atom. The number of aryl methyl sites for hydroxylation is 1. The van der Waals surface area contributed by atoms with Crippen LogP contribution in [0.4, 0.5) is 8.78 Å². The van der Waals surface area contributed by atoms with E-state index in [1.54, 1.807) is 24.3 Å². The third-order valence-electron chi connectivity index (χ3n) is 7.69. The van der Waals surface area contributed by atoms with E-state index in [0.29, 0.717) is 11.5 Å². The minimum absolute atomic E-state index is 0.0119. The van der Waals surface area contributed by atoms with Gasteiger partial charge in [-0.15, -0.1) is 0 Å². The summed E-state index contributed by atoms with van der Waals surface area (Å²) in [4.78, 5) is 17.2. The van der Waals surface area contributed by atoms with Crippen LogP contribution in [-0.2, 0) is 6.42 Å². The second kappa shape index (κ2) is 11.2. The largest absolute Gasteiger partial charge is 0.339 e. The molecule has 3 nitrogen and oxygen atoms in total. The van der Waals surface area contributed by atoms with Gasteiger partial charge in [-0.2, -0.15) is 0 Å². The summed E-state index contributed by atoms with van der Waals surface area (Å²) in [6.07, 6.45) is 9.28. The van der Waals surface area contributed by atoms with E-state index in [1.165, 1.54) is 62.9 Å². The average Bonchev–Trinajstić information content (AvgIpc) is 3.29. The number of amides is 1. The van der Waals surface area contributed by atoms with Crippen molar-refractivity contribution < 1.29 is 13.6 Å². The molecule has 2 aliphatic rings. The van der Waals surface area contributed by atoms with Crippen molar-refractivity contribution in [1.82, 2.24) is 9.80 Å². The zero-order chi connectivity index (χ0) is 23.2. The summed E-state index contributed by atoms with van der Waals surface area (Å²) in [6, 6.07) is 13.0. The monoisotopic (exact) mass is 454 g/mol. The quantitative estimate of drug-likeness (QED) is 0.493. The Balaban J connectivity index is 1.15. The molecule has 0 bridgehead atoms. The summed E-state index contributed by atoms with van der Waals surface area (Å²) in [5.74, 6) is 0.964. The van der Waals surface area contributed by atoms with Crippen molar-refractivity contribution in [3.63, 3.8) is 0 Å². The van der Waals surface area contributed by atoms with Crippen molar-refractivity contribution in [3.05, 3.63) is 71.3 Å². The fraction of sp³-hybridized carbons (Fsp3) is 0.536. The van der Waals surface area contributed by atoms with Crippen LogP contribution in [0.25, 0.3) is 0 Å². The Labute approximate surface area is 196 Å². The van der Waals surface area contributed by atoms with Crippen LogP contribution in [0.15, 0.2) is 48.5 Å². The number of nitrogens with zero attached hydrogens (tertiary/aromatic N) is 2. The van der Waals surface area contributed by atoms with Crippen LogP contribution < -0.4 is 0 Å². The highest BCUT2D eigenvalue weighted by Crippen LogP contribution is 2.32. The molecule has 0 radical (unpaired) electrons. The third-order valence-corrected chi connectivity index (χ3v) is 7.69. The normalized spacial score (nSPS) is 21.9. The highest BCUT2D eigenvalue weighted by Gasteiger charge is 2.32. The molecule has 4 rings (SSSR count). The lowest BCUT2D eigenvalue weighted by Crippen LogP contribution is -2.38. The maximum absolute atomic E-state index is 13.2. The Kier molecular flexibility index (Phi) is 8.13. The van der Waals surface area contributed by atoms with E-state index in [2.05, 4.69) is 4.90 Å². The van der Waals surface area contributed by atoms with Gasteiger partial charge >= 0.3 is 0 Å². The van der Waals surface area contributed by atoms with Crippen LogP contribution in [0.1, 0.15) is 60.9 Å². The molecule has 2 unspecified atom stereocenters. The van der Waals surface area contributed by atoms with Gasteiger partial charge in [0.05, 0.1) is 0 Å². The Morgan fingerprint density at radius 2 is 1.55 bits per heavy atom. The molecule has 2 fully saturated rings. The Hall–Kier alpha value is -2.27. The molecule has 1 aliphatic carbocycles. The summed E-state index contributed by atoms with van der Waals surface area (Å²) in [6.45, 7) is 3.48. The molecule has 2 aromatic carbocycles. The minimum atomic E-state index is -0.313. The first-order valence-corrected chi connectivity index (χ1v) is 12.5. The van der Waals surface area contributed by atoms with E-state index in [-0.39, 0.29) is 23.6 Å². The van der Waals surface area contributed by atoms with E-state index >= 15 is 0 Å². The molecule has 0 aromatic heterocycles. The zero-order valence-corrected chi connectivity index (χ0v) is 19.7. The number of halogens is 2. The van der Waals surface area contributed by atoms with E-state index in [9.17, 15) is 13.6 Å². The first kappa shape index (κ1) is 23.9. The maximum atomic E-state index is 13.2. The highest BCUT2D eigenvalue weighted by atomic mass is 19.1. The van der Waals surface area contributed by atoms with Gasteiger partial charge < -0.3 is 9.80 Å². The lowest BCUT2D eigenvalue weighted by molar-refractivity contribution is 0.0728. The number of piperidine rings is 1. The minimum Gasteiger partial charge on any atom is -0.339 e. The SMILES string of the molecule is CN(C(=O)c1ccc(F)cc1)C1CCC(CN2CCC(CCCc3ccc(F)cc3)CC2)C1. The molecule has 5 heteroatoms. The van der Waals surface area contributed by atoms with Crippen LogP contribution in [-0.4, -0.2) is 48.4 Å². The van der Waals surface area contributed by atoms with Crippen molar-refractivity contribution in [2.75, 3.05) is 26.7 Å². The standard InChI is InChI=1S/C28H36F2N2O/c1-31(28(33)24-8-12-26(30)13-9-24)27-14-7-23(19-27)20-32-17-15-22(16-18-32)4-2-3-21-5-10-25(29)11-6-21/h5-6,8-13,22-23,27H,2-4,7,14-20H2,1H3. The Bertz CT molecular complexity index is 891. The van der Waals surface area contributed by atoms with Gasteiger partial charge in [0.1, 0.15) is 11.6 Å². The number of hydrogen-bond donors (Lipinski definition) is 0. The summed E-state index contributed by atoms with van der Waals surface area (Å²) in [5, 5.41) is 0. The van der Waals surface area contributed by atoms with Gasteiger partial charge in [0, 0.05) is 25.2 Å². The molecular formula is C28H36F2N2O. The first-order chi connectivity index (χ1) is 16.0. The summed E-state index contributed by atoms with van der Waals surface area (Å²) in [7, 11) is 1.89. The van der Waals surface area contributed by atoms with Crippen molar-refractivity contribution in [1.29, 1.82) is 0 Å². The summed E-state index contributed by atoms with van der Waals surface area (Å²) >= 11 is 0. The molecular weight excluding hydrogens is 418 g/mol. The lowest BCUT2D eigenvalue weighted by atomic mass is 9.90. The molecule has 178 valence electrons. The number of likely N-dealkylation sites (tertiary alicyclic amines) is 1. The van der Waals surface area contributed by atoms with Gasteiger partial charge in [0.15, 0.2) is 0 Å². The fourth-order valence-corrected chi connectivity index (χ4v) is 5.60. The van der Waals surface area contributed by atoms with Gasteiger partial charge in [0.2, 0.25) is 0 Å². The molecule has 1 saturated carbocycles. The second-order valence-electron chi connectivity index (χ2n) is 10.0. The molecule has 1 saturated heterocycles. The molecule has 33 heavy (non-hydrogen) atoms. The molecule has 0 spiro atoms. The Morgan fingerprint density at radius 1 is 0.909 bits per heavy atom. The van der Waals surface area contributed by atoms with Crippen LogP contribution >= 0.6 is 0 Å². The van der Waals surface area contributed by atoms with Crippen LogP contribution in [0.5, 0.6) is 0 Å². The van der Waals surface area contributed by atoms with Crippen molar-refractivity contribution in [2.45, 2.75) is 57.4 Å². The molecule has 1 aliphatic heterocycles. The summed E-state index contributed by atoms with van der Waals surface area (Å²) < 4.78 is 26.2. The van der Waals surface area contributed by atoms with Gasteiger partial charge in [-0.05, 0) is 112 Å². The molecule has 2 atom stereocenters. The predicted octanol–water partition coefficient (Wildman–Crippen LogP) is 5.94. The van der Waals surface area contributed by atoms with Gasteiger partial charge in [-0.3, -0.25) is 4.79 Å². The van der Waals surface area contributed by atoms with E-state index in [4.69, 9.17) is 0 Å². The molecule has 1 amide bonds. The molecule has 2 aromatic rings. The lowest BCUT2D eigenvalue weighted by Gasteiger charge is -2.34. The zero-order valence-electron chi connectivity index (χ0n) is 19.7. The average molecular weight is 455 g/mol. The highest BCUT2D eigenvalue weighted by molar-refractivity contribution is 5.94. The molecule has 0 N–H and O–H groups in total. The number of benzene rings is 2. The van der Waals surface area contributed by atoms with Gasteiger partial charge in [-0.25, -0.2) is 8.78 Å². The van der Waals surface area contributed by atoms with Crippen LogP contribution in [0, 0.1) is 23.5 Å². The molecule has 1 heterocycles. The number of carbonyl (C=O) groups is 1. The maximum Gasteiger partial charge on any atom is 0.253 e. The smallest absolute Gasteiger partial charge is 0.253 e. The predicted molar refractivity (Wildman–Crippen MR) is 128 cm³/mol. The number of carbonyl (C=O) groups excluding carboxylic acids is 1. The van der Waals surface area contributed by atoms with E-state index in [1.807, 2.05) is 24.1 Å². The fourth-order valence-electron chi connectivity index (χ4n) is 5.60. The van der Waals surface area contributed by atoms with E-state index < -0.39 is 0 Å². The third kappa shape index (κ3) is 6.63. The second-order valence-corrected chi connectivity index (χ2v) is 10.0. The van der Waals surface area contributed by atoms with Crippen molar-refractivity contribution in [2.24, 2.45) is 11.8 Å². The first-order valence-electron chi connectivity index (χ1n) is 12.5. The number of rotatable bonds is 8. The van der Waals surface area contributed by atoms with Crippen LogP contribution in [0.2, 0.25) is 0 Å². The van der Waals surface area contributed by atoms with Gasteiger partial charge in [-0.1, -0.05) is 18.6 Å². The summed E-state index contributed by atoms with van der Waals surface area (Å²) in [5.41, 5.74) is 1.79.